The van der Waals surface area contributed by atoms with Gasteiger partial charge in [-0.15, -0.1) is 0 Å². The van der Waals surface area contributed by atoms with Gasteiger partial charge in [0.1, 0.15) is 6.04 Å². The zero-order chi connectivity index (χ0) is 21.1. The SMILES string of the molecule is Cc1ccc(-c2ccc(=O)n(C(C)C(=O)Nc3cc([N+](=O)[O-])ccc3C)n2)cc1. The number of aryl methyl sites for hydroxylation is 2. The molecule has 8 heteroatoms. The first kappa shape index (κ1) is 19.9. The molecule has 0 radical (unpaired) electrons. The van der Waals surface area contributed by atoms with E-state index < -0.39 is 22.4 Å². The van der Waals surface area contributed by atoms with Crippen LogP contribution in [0.1, 0.15) is 24.1 Å². The Bertz CT molecular complexity index is 1140. The number of nitro benzene ring substituents is 1. The van der Waals surface area contributed by atoms with E-state index in [4.69, 9.17) is 0 Å². The van der Waals surface area contributed by atoms with Gasteiger partial charge in [-0.1, -0.05) is 35.9 Å². The van der Waals surface area contributed by atoms with E-state index in [1.54, 1.807) is 26.0 Å². The maximum absolute atomic E-state index is 12.7. The molecule has 0 saturated carbocycles. The number of benzene rings is 2. The van der Waals surface area contributed by atoms with Crippen molar-refractivity contribution in [3.63, 3.8) is 0 Å². The molecule has 148 valence electrons. The van der Waals surface area contributed by atoms with Crippen LogP contribution < -0.4 is 10.9 Å². The van der Waals surface area contributed by atoms with E-state index in [-0.39, 0.29) is 5.69 Å². The summed E-state index contributed by atoms with van der Waals surface area (Å²) in [6.45, 7) is 5.25. The van der Waals surface area contributed by atoms with Gasteiger partial charge in [-0.2, -0.15) is 5.10 Å². The van der Waals surface area contributed by atoms with Crippen LogP contribution in [-0.2, 0) is 4.79 Å². The molecule has 0 spiro atoms. The largest absolute Gasteiger partial charge is 0.324 e. The predicted molar refractivity (Wildman–Crippen MR) is 110 cm³/mol. The van der Waals surface area contributed by atoms with Crippen LogP contribution in [0.3, 0.4) is 0 Å². The third-order valence-corrected chi connectivity index (χ3v) is 4.61. The van der Waals surface area contributed by atoms with E-state index in [0.29, 0.717) is 16.9 Å². The second kappa shape index (κ2) is 8.05. The maximum Gasteiger partial charge on any atom is 0.271 e. The summed E-state index contributed by atoms with van der Waals surface area (Å²) in [5, 5.41) is 18.0. The molecule has 0 aliphatic carbocycles. The average Bonchev–Trinajstić information content (AvgIpc) is 2.70. The number of carbonyl (C=O) groups is 1. The fraction of sp³-hybridized carbons (Fsp3) is 0.190. The Hall–Kier alpha value is -3.81. The van der Waals surface area contributed by atoms with Crippen LogP contribution in [0, 0.1) is 24.0 Å². The zero-order valence-electron chi connectivity index (χ0n) is 16.2. The van der Waals surface area contributed by atoms with Crippen LogP contribution in [0.15, 0.2) is 59.4 Å². The number of rotatable bonds is 5. The minimum absolute atomic E-state index is 0.129. The molecule has 0 aliphatic rings. The van der Waals surface area contributed by atoms with E-state index in [0.717, 1.165) is 15.8 Å². The fourth-order valence-electron chi connectivity index (χ4n) is 2.79. The van der Waals surface area contributed by atoms with Gasteiger partial charge >= 0.3 is 0 Å². The first-order valence-electron chi connectivity index (χ1n) is 8.99. The standard InChI is InChI=1S/C21H20N4O4/c1-13-4-7-16(8-5-13)18-10-11-20(26)24(23-18)15(3)21(27)22-19-12-17(25(28)29)9-6-14(19)2/h4-12,15H,1-3H3,(H,22,27). The Morgan fingerprint density at radius 1 is 1.10 bits per heavy atom. The van der Waals surface area contributed by atoms with Gasteiger partial charge in [0.2, 0.25) is 5.91 Å². The van der Waals surface area contributed by atoms with Gasteiger partial charge in [-0.3, -0.25) is 19.7 Å². The van der Waals surface area contributed by atoms with Gasteiger partial charge in [-0.25, -0.2) is 4.68 Å². The molecule has 3 rings (SSSR count). The number of hydrogen-bond donors (Lipinski definition) is 1. The van der Waals surface area contributed by atoms with E-state index >= 15 is 0 Å². The van der Waals surface area contributed by atoms with Crippen LogP contribution in [0.25, 0.3) is 11.3 Å². The van der Waals surface area contributed by atoms with Crippen molar-refractivity contribution in [3.8, 4) is 11.3 Å². The molecule has 1 atom stereocenters. The lowest BCUT2D eigenvalue weighted by Gasteiger charge is -2.16. The quantitative estimate of drug-likeness (QED) is 0.527. The number of anilines is 1. The molecule has 0 bridgehead atoms. The number of aromatic nitrogens is 2. The molecule has 1 unspecified atom stereocenters. The van der Waals surface area contributed by atoms with Crippen LogP contribution in [0.5, 0.6) is 0 Å². The summed E-state index contributed by atoms with van der Waals surface area (Å²) in [6, 6.07) is 13.9. The highest BCUT2D eigenvalue weighted by atomic mass is 16.6. The van der Waals surface area contributed by atoms with Gasteiger partial charge in [0.15, 0.2) is 0 Å². The van der Waals surface area contributed by atoms with Gasteiger partial charge in [0, 0.05) is 23.8 Å². The summed E-state index contributed by atoms with van der Waals surface area (Å²) in [5.74, 6) is -0.496. The van der Waals surface area contributed by atoms with Crippen molar-refractivity contribution < 1.29 is 9.72 Å². The lowest BCUT2D eigenvalue weighted by molar-refractivity contribution is -0.384. The summed E-state index contributed by atoms with van der Waals surface area (Å²) in [5.41, 5.74) is 2.93. The van der Waals surface area contributed by atoms with E-state index in [2.05, 4.69) is 10.4 Å². The summed E-state index contributed by atoms with van der Waals surface area (Å²) >= 11 is 0. The summed E-state index contributed by atoms with van der Waals surface area (Å²) in [4.78, 5) is 35.5. The molecule has 1 amide bonds. The summed E-state index contributed by atoms with van der Waals surface area (Å²) in [6.07, 6.45) is 0. The molecule has 1 aromatic heterocycles. The van der Waals surface area contributed by atoms with Crippen molar-refractivity contribution in [3.05, 3.63) is 86.2 Å². The van der Waals surface area contributed by atoms with Gasteiger partial charge < -0.3 is 5.32 Å². The highest BCUT2D eigenvalue weighted by Gasteiger charge is 2.20. The van der Waals surface area contributed by atoms with Crippen molar-refractivity contribution in [1.29, 1.82) is 0 Å². The highest BCUT2D eigenvalue weighted by Crippen LogP contribution is 2.23. The van der Waals surface area contributed by atoms with Crippen LogP contribution in [0.4, 0.5) is 11.4 Å². The van der Waals surface area contributed by atoms with Crippen molar-refractivity contribution in [1.82, 2.24) is 9.78 Å². The summed E-state index contributed by atoms with van der Waals surface area (Å²) in [7, 11) is 0. The lowest BCUT2D eigenvalue weighted by atomic mass is 10.1. The van der Waals surface area contributed by atoms with Crippen molar-refractivity contribution in [2.45, 2.75) is 26.8 Å². The van der Waals surface area contributed by atoms with Gasteiger partial charge in [0.25, 0.3) is 11.2 Å². The zero-order valence-corrected chi connectivity index (χ0v) is 16.2. The van der Waals surface area contributed by atoms with E-state index in [9.17, 15) is 19.7 Å². The smallest absolute Gasteiger partial charge is 0.271 e. The van der Waals surface area contributed by atoms with Crippen molar-refractivity contribution >= 4 is 17.3 Å². The van der Waals surface area contributed by atoms with E-state index in [1.165, 1.54) is 18.2 Å². The number of amides is 1. The first-order chi connectivity index (χ1) is 13.8. The Balaban J connectivity index is 1.89. The minimum atomic E-state index is -0.911. The molecule has 8 nitrogen and oxygen atoms in total. The number of nitrogens with one attached hydrogen (secondary N) is 1. The third kappa shape index (κ3) is 4.37. The second-order valence-corrected chi connectivity index (χ2v) is 6.79. The topological polar surface area (TPSA) is 107 Å². The van der Waals surface area contributed by atoms with Crippen LogP contribution >= 0.6 is 0 Å². The van der Waals surface area contributed by atoms with E-state index in [1.807, 2.05) is 31.2 Å². The maximum atomic E-state index is 12.7. The molecule has 0 fully saturated rings. The monoisotopic (exact) mass is 392 g/mol. The molecule has 1 heterocycles. The molecule has 3 aromatic rings. The predicted octanol–water partition coefficient (Wildman–Crippen LogP) is 3.64. The molecule has 0 aliphatic heterocycles. The number of nitro groups is 1. The fourth-order valence-corrected chi connectivity index (χ4v) is 2.79. The molecule has 0 saturated heterocycles. The Labute approximate surface area is 167 Å². The molecular weight excluding hydrogens is 372 g/mol. The van der Waals surface area contributed by atoms with Crippen molar-refractivity contribution in [2.24, 2.45) is 0 Å². The Morgan fingerprint density at radius 3 is 2.45 bits per heavy atom. The van der Waals surface area contributed by atoms with Crippen LogP contribution in [0.2, 0.25) is 0 Å². The molecule has 1 N–H and O–H groups in total. The molecule has 29 heavy (non-hydrogen) atoms. The number of hydrogen-bond acceptors (Lipinski definition) is 5. The number of carbonyl (C=O) groups excluding carboxylic acids is 1. The third-order valence-electron chi connectivity index (χ3n) is 4.61. The van der Waals surface area contributed by atoms with Gasteiger partial charge in [-0.05, 0) is 32.4 Å². The Morgan fingerprint density at radius 2 is 1.79 bits per heavy atom. The highest BCUT2D eigenvalue weighted by molar-refractivity contribution is 5.94. The van der Waals surface area contributed by atoms with Gasteiger partial charge in [0.05, 0.1) is 16.3 Å². The average molecular weight is 392 g/mol. The second-order valence-electron chi connectivity index (χ2n) is 6.79. The molecular formula is C21H20N4O4. The number of nitrogens with zero attached hydrogens (tertiary/aromatic N) is 3. The normalized spacial score (nSPS) is 11.7. The summed E-state index contributed by atoms with van der Waals surface area (Å²) < 4.78 is 1.11. The lowest BCUT2D eigenvalue weighted by Crippen LogP contribution is -2.33. The number of non-ortho nitro benzene ring substituents is 1. The Kier molecular flexibility index (Phi) is 5.54. The van der Waals surface area contributed by atoms with Crippen LogP contribution in [-0.4, -0.2) is 20.6 Å². The molecule has 2 aromatic carbocycles. The first-order valence-corrected chi connectivity index (χ1v) is 8.99. The van der Waals surface area contributed by atoms with Crippen molar-refractivity contribution in [2.75, 3.05) is 5.32 Å². The minimum Gasteiger partial charge on any atom is -0.324 e.